The van der Waals surface area contributed by atoms with Crippen LogP contribution in [-0.4, -0.2) is 52.4 Å². The first kappa shape index (κ1) is 17.3. The van der Waals surface area contributed by atoms with Crippen molar-refractivity contribution >= 4 is 17.2 Å². The molecule has 0 unspecified atom stereocenters. The number of aryl methyl sites for hydroxylation is 1. The number of benzene rings is 1. The van der Waals surface area contributed by atoms with Crippen molar-refractivity contribution in [2.24, 2.45) is 5.92 Å². The predicted molar refractivity (Wildman–Crippen MR) is 103 cm³/mol. The summed E-state index contributed by atoms with van der Waals surface area (Å²) in [5.74, 6) is 0.839. The van der Waals surface area contributed by atoms with Crippen molar-refractivity contribution in [3.63, 3.8) is 0 Å². The van der Waals surface area contributed by atoms with E-state index < -0.39 is 0 Å². The first-order chi connectivity index (χ1) is 13.1. The highest BCUT2D eigenvalue weighted by molar-refractivity contribution is 7.09. The second-order valence-electron chi connectivity index (χ2n) is 8.09. The summed E-state index contributed by atoms with van der Waals surface area (Å²) in [6.07, 6.45) is 2.74. The Morgan fingerprint density at radius 2 is 1.96 bits per heavy atom. The molecule has 1 aromatic carbocycles. The number of rotatable bonds is 3. The van der Waals surface area contributed by atoms with Gasteiger partial charge in [-0.05, 0) is 56.5 Å². The van der Waals surface area contributed by atoms with Crippen LogP contribution in [0.2, 0.25) is 0 Å². The summed E-state index contributed by atoms with van der Waals surface area (Å²) < 4.78 is 13.4. The Labute approximate surface area is 163 Å². The standard InChI is InChI=1S/C21H24FN3OS/c1-13-23-17(12-27-13)10-19(26)25-11-18(14-2-4-16(22)5-3-14)21-20(25)15-6-8-24(21)9-7-15/h2-5,12,15,18,20-21H,6-11H2,1H3/t18-,20+,21+/m0/s1. The minimum absolute atomic E-state index is 0.189. The molecule has 1 aromatic heterocycles. The van der Waals surface area contributed by atoms with Gasteiger partial charge in [0.25, 0.3) is 0 Å². The third-order valence-electron chi connectivity index (χ3n) is 6.61. The minimum Gasteiger partial charge on any atom is -0.337 e. The number of amides is 1. The van der Waals surface area contributed by atoms with Crippen molar-refractivity contribution < 1.29 is 9.18 Å². The average Bonchev–Trinajstić information content (AvgIpc) is 3.28. The van der Waals surface area contributed by atoms with Gasteiger partial charge >= 0.3 is 0 Å². The maximum absolute atomic E-state index is 13.4. The van der Waals surface area contributed by atoms with Crippen molar-refractivity contribution in [1.82, 2.24) is 14.8 Å². The fourth-order valence-corrected chi connectivity index (χ4v) is 6.07. The lowest BCUT2D eigenvalue weighted by molar-refractivity contribution is -0.135. The van der Waals surface area contributed by atoms with Crippen LogP contribution in [0.4, 0.5) is 4.39 Å². The summed E-state index contributed by atoms with van der Waals surface area (Å²) in [4.78, 5) is 22.4. The lowest BCUT2D eigenvalue weighted by Gasteiger charge is -2.51. The molecule has 6 heteroatoms. The second-order valence-corrected chi connectivity index (χ2v) is 9.16. The molecule has 0 N–H and O–H groups in total. The van der Waals surface area contributed by atoms with E-state index in [1.165, 1.54) is 12.8 Å². The zero-order valence-electron chi connectivity index (χ0n) is 15.5. The molecular formula is C21H24FN3OS. The first-order valence-corrected chi connectivity index (χ1v) is 10.7. The van der Waals surface area contributed by atoms with Gasteiger partial charge in [-0.15, -0.1) is 11.3 Å². The van der Waals surface area contributed by atoms with Gasteiger partial charge in [-0.25, -0.2) is 9.37 Å². The number of nitrogens with zero attached hydrogens (tertiary/aromatic N) is 3. The fraction of sp³-hybridized carbons (Fsp3) is 0.524. The Morgan fingerprint density at radius 3 is 2.63 bits per heavy atom. The molecule has 0 saturated carbocycles. The maximum Gasteiger partial charge on any atom is 0.228 e. The van der Waals surface area contributed by atoms with Gasteiger partial charge in [-0.2, -0.15) is 0 Å². The molecule has 4 saturated heterocycles. The molecule has 4 aliphatic heterocycles. The van der Waals surface area contributed by atoms with Crippen LogP contribution < -0.4 is 0 Å². The third-order valence-corrected chi connectivity index (χ3v) is 7.43. The number of fused-ring (bicyclic) bond motifs is 2. The number of halogens is 1. The van der Waals surface area contributed by atoms with E-state index in [1.54, 1.807) is 23.5 Å². The number of hydrogen-bond donors (Lipinski definition) is 0. The number of hydrogen-bond acceptors (Lipinski definition) is 4. The minimum atomic E-state index is -0.203. The largest absolute Gasteiger partial charge is 0.337 e. The number of carbonyl (C=O) groups is 1. The fourth-order valence-electron chi connectivity index (χ4n) is 5.45. The van der Waals surface area contributed by atoms with Crippen molar-refractivity contribution in [3.8, 4) is 0 Å². The summed E-state index contributed by atoms with van der Waals surface area (Å²) >= 11 is 1.60. The smallest absolute Gasteiger partial charge is 0.228 e. The lowest BCUT2D eigenvalue weighted by atomic mass is 9.75. The molecule has 4 aliphatic rings. The van der Waals surface area contributed by atoms with E-state index in [4.69, 9.17) is 0 Å². The van der Waals surface area contributed by atoms with Gasteiger partial charge in [0, 0.05) is 23.9 Å². The molecular weight excluding hydrogens is 361 g/mol. The summed E-state index contributed by atoms with van der Waals surface area (Å²) in [6.45, 7) is 4.95. The van der Waals surface area contributed by atoms with E-state index in [1.807, 2.05) is 24.4 Å². The van der Waals surface area contributed by atoms with Crippen LogP contribution in [0.1, 0.15) is 35.0 Å². The molecule has 6 rings (SSSR count). The van der Waals surface area contributed by atoms with Gasteiger partial charge in [-0.3, -0.25) is 9.69 Å². The SMILES string of the molecule is Cc1nc(CC(=O)N2C[C@@H](c3ccc(F)cc3)[C@@H]3[C@H]2C2CCN3CC2)cs1. The van der Waals surface area contributed by atoms with E-state index in [0.29, 0.717) is 18.4 Å². The third kappa shape index (κ3) is 2.99. The molecule has 0 spiro atoms. The van der Waals surface area contributed by atoms with Gasteiger partial charge in [0.1, 0.15) is 5.82 Å². The van der Waals surface area contributed by atoms with Crippen LogP contribution in [0.15, 0.2) is 29.6 Å². The Kier molecular flexibility index (Phi) is 4.28. The molecule has 0 aliphatic carbocycles. The number of piperidine rings is 3. The van der Waals surface area contributed by atoms with E-state index in [2.05, 4.69) is 14.8 Å². The second kappa shape index (κ2) is 6.67. The van der Waals surface area contributed by atoms with Crippen molar-refractivity contribution in [2.45, 2.75) is 44.2 Å². The molecule has 2 aromatic rings. The number of likely N-dealkylation sites (tertiary alicyclic amines) is 1. The van der Waals surface area contributed by atoms with E-state index in [9.17, 15) is 9.18 Å². The molecule has 2 bridgehead atoms. The molecule has 3 atom stereocenters. The highest BCUT2D eigenvalue weighted by Crippen LogP contribution is 2.46. The summed E-state index contributed by atoms with van der Waals surface area (Å²) in [7, 11) is 0. The van der Waals surface area contributed by atoms with Gasteiger partial charge < -0.3 is 4.90 Å². The molecule has 142 valence electrons. The van der Waals surface area contributed by atoms with Crippen LogP contribution in [0.5, 0.6) is 0 Å². The van der Waals surface area contributed by atoms with Crippen LogP contribution >= 0.6 is 11.3 Å². The number of carbonyl (C=O) groups excluding carboxylic acids is 1. The van der Waals surface area contributed by atoms with Crippen molar-refractivity contribution in [1.29, 1.82) is 0 Å². The quantitative estimate of drug-likeness (QED) is 0.814. The molecule has 1 amide bonds. The van der Waals surface area contributed by atoms with Gasteiger partial charge in [0.15, 0.2) is 0 Å². The Hall–Kier alpha value is -1.79. The van der Waals surface area contributed by atoms with E-state index in [-0.39, 0.29) is 23.7 Å². The van der Waals surface area contributed by atoms with E-state index in [0.717, 1.165) is 35.9 Å². The average molecular weight is 386 g/mol. The summed E-state index contributed by atoms with van der Waals surface area (Å²) in [5.41, 5.74) is 2.03. The van der Waals surface area contributed by atoms with Gasteiger partial charge in [0.2, 0.25) is 5.91 Å². The van der Waals surface area contributed by atoms with Crippen LogP contribution in [0, 0.1) is 18.7 Å². The van der Waals surface area contributed by atoms with Crippen molar-refractivity contribution in [3.05, 3.63) is 51.7 Å². The zero-order chi connectivity index (χ0) is 18.5. The summed E-state index contributed by atoms with van der Waals surface area (Å²) in [5, 5.41) is 3.00. The Balaban J connectivity index is 1.45. The summed E-state index contributed by atoms with van der Waals surface area (Å²) in [6, 6.07) is 7.54. The van der Waals surface area contributed by atoms with Crippen LogP contribution in [0.3, 0.4) is 0 Å². The van der Waals surface area contributed by atoms with E-state index >= 15 is 0 Å². The van der Waals surface area contributed by atoms with Gasteiger partial charge in [-0.1, -0.05) is 12.1 Å². The molecule has 0 radical (unpaired) electrons. The molecule has 5 heterocycles. The Morgan fingerprint density at radius 1 is 1.22 bits per heavy atom. The van der Waals surface area contributed by atoms with Crippen molar-refractivity contribution in [2.75, 3.05) is 19.6 Å². The van der Waals surface area contributed by atoms with Crippen LogP contribution in [0.25, 0.3) is 0 Å². The molecule has 4 nitrogen and oxygen atoms in total. The lowest BCUT2D eigenvalue weighted by Crippen LogP contribution is -2.60. The van der Waals surface area contributed by atoms with Crippen LogP contribution in [-0.2, 0) is 11.2 Å². The maximum atomic E-state index is 13.4. The first-order valence-electron chi connectivity index (χ1n) is 9.80. The normalized spacial score (nSPS) is 31.9. The number of thiazole rings is 1. The molecule has 27 heavy (non-hydrogen) atoms. The predicted octanol–water partition coefficient (Wildman–Crippen LogP) is 3.22. The topological polar surface area (TPSA) is 36.4 Å². The number of aromatic nitrogens is 1. The van der Waals surface area contributed by atoms with Gasteiger partial charge in [0.05, 0.1) is 23.2 Å². The highest BCUT2D eigenvalue weighted by Gasteiger charge is 2.54. The monoisotopic (exact) mass is 385 g/mol. The molecule has 4 fully saturated rings. The zero-order valence-corrected chi connectivity index (χ0v) is 16.3. The Bertz CT molecular complexity index is 843. The highest BCUT2D eigenvalue weighted by atomic mass is 32.1.